The number of fused-ring (bicyclic) bond motifs is 1. The Morgan fingerprint density at radius 1 is 1.11 bits per heavy atom. The van der Waals surface area contributed by atoms with Crippen LogP contribution < -0.4 is 5.32 Å². The first-order chi connectivity index (χ1) is 9.18. The van der Waals surface area contributed by atoms with Crippen LogP contribution in [0.15, 0.2) is 0 Å². The number of likely N-dealkylation sites (tertiary alicyclic amines) is 1. The molecular weight excluding hydrogens is 244 g/mol. The van der Waals surface area contributed by atoms with Crippen molar-refractivity contribution in [1.82, 2.24) is 10.2 Å². The second-order valence-electron chi connectivity index (χ2n) is 6.13. The first kappa shape index (κ1) is 12.9. The highest BCUT2D eigenvalue weighted by Crippen LogP contribution is 2.42. The van der Waals surface area contributed by atoms with Crippen molar-refractivity contribution in [2.75, 3.05) is 13.1 Å². The second kappa shape index (κ2) is 5.12. The number of rotatable bonds is 2. The van der Waals surface area contributed by atoms with E-state index in [4.69, 9.17) is 0 Å². The van der Waals surface area contributed by atoms with Gasteiger partial charge >= 0.3 is 5.97 Å². The predicted octanol–water partition coefficient (Wildman–Crippen LogP) is 0.840. The van der Waals surface area contributed by atoms with Gasteiger partial charge in [-0.2, -0.15) is 0 Å². The minimum atomic E-state index is -0.821. The van der Waals surface area contributed by atoms with Crippen molar-refractivity contribution in [1.29, 1.82) is 0 Å². The van der Waals surface area contributed by atoms with Crippen LogP contribution in [0.2, 0.25) is 0 Å². The van der Waals surface area contributed by atoms with E-state index in [2.05, 4.69) is 5.32 Å². The molecule has 0 aromatic rings. The lowest BCUT2D eigenvalue weighted by Gasteiger charge is -2.30. The smallest absolute Gasteiger partial charge is 0.326 e. The summed E-state index contributed by atoms with van der Waals surface area (Å²) in [7, 11) is 0. The van der Waals surface area contributed by atoms with Crippen LogP contribution in [0.3, 0.4) is 0 Å². The van der Waals surface area contributed by atoms with Gasteiger partial charge in [0.25, 0.3) is 0 Å². The van der Waals surface area contributed by atoms with Crippen LogP contribution in [0, 0.1) is 11.8 Å². The Morgan fingerprint density at radius 3 is 2.63 bits per heavy atom. The molecule has 106 valence electrons. The van der Waals surface area contributed by atoms with Crippen LogP contribution in [0.25, 0.3) is 0 Å². The average Bonchev–Trinajstić information content (AvgIpc) is 2.98. The highest BCUT2D eigenvalue weighted by Gasteiger charge is 2.50. The zero-order chi connectivity index (χ0) is 13.4. The van der Waals surface area contributed by atoms with Crippen LogP contribution in [-0.4, -0.2) is 47.1 Å². The molecule has 2 aliphatic heterocycles. The summed E-state index contributed by atoms with van der Waals surface area (Å²) in [5.41, 5.74) is 0. The van der Waals surface area contributed by atoms with Crippen LogP contribution in [0.4, 0.5) is 0 Å². The topological polar surface area (TPSA) is 69.6 Å². The normalized spacial score (nSPS) is 38.2. The van der Waals surface area contributed by atoms with Crippen molar-refractivity contribution in [2.24, 2.45) is 11.8 Å². The van der Waals surface area contributed by atoms with E-state index in [0.29, 0.717) is 12.5 Å². The molecule has 0 bridgehead atoms. The third-order valence-electron chi connectivity index (χ3n) is 5.03. The molecule has 1 amide bonds. The van der Waals surface area contributed by atoms with E-state index >= 15 is 0 Å². The molecular formula is C14H22N2O3. The van der Waals surface area contributed by atoms with Crippen molar-refractivity contribution >= 4 is 11.9 Å². The Kier molecular flexibility index (Phi) is 3.48. The Bertz CT molecular complexity index is 379. The Morgan fingerprint density at radius 2 is 1.95 bits per heavy atom. The molecule has 1 saturated carbocycles. The average molecular weight is 266 g/mol. The summed E-state index contributed by atoms with van der Waals surface area (Å²) < 4.78 is 0. The van der Waals surface area contributed by atoms with Gasteiger partial charge in [-0.3, -0.25) is 4.79 Å². The van der Waals surface area contributed by atoms with Gasteiger partial charge in [-0.05, 0) is 44.1 Å². The lowest BCUT2D eigenvalue weighted by Crippen LogP contribution is -2.52. The van der Waals surface area contributed by atoms with Crippen molar-refractivity contribution in [2.45, 2.75) is 50.6 Å². The SMILES string of the molecule is O=C(O)C1C2CCCC2CN1C(=O)[C@H]1CCCCN1. The molecule has 19 heavy (non-hydrogen) atoms. The lowest BCUT2D eigenvalue weighted by molar-refractivity contribution is -0.150. The van der Waals surface area contributed by atoms with Gasteiger partial charge in [0.2, 0.25) is 5.91 Å². The number of hydrogen-bond acceptors (Lipinski definition) is 3. The molecule has 0 spiro atoms. The Balaban J connectivity index is 1.75. The van der Waals surface area contributed by atoms with Gasteiger partial charge < -0.3 is 15.3 Å². The van der Waals surface area contributed by atoms with Crippen molar-refractivity contribution < 1.29 is 14.7 Å². The standard InChI is InChI=1S/C14H22N2O3/c17-13(11-6-1-2-7-15-11)16-8-9-4-3-5-10(9)12(16)14(18)19/h9-12,15H,1-8H2,(H,18,19)/t9?,10?,11-,12?/m1/s1. The number of carbonyl (C=O) groups is 2. The number of hydrogen-bond donors (Lipinski definition) is 2. The lowest BCUT2D eigenvalue weighted by atomic mass is 9.94. The quantitative estimate of drug-likeness (QED) is 0.777. The highest BCUT2D eigenvalue weighted by molar-refractivity contribution is 5.88. The van der Waals surface area contributed by atoms with Crippen molar-refractivity contribution in [3.63, 3.8) is 0 Å². The first-order valence-corrected chi connectivity index (χ1v) is 7.45. The number of amides is 1. The van der Waals surface area contributed by atoms with E-state index in [-0.39, 0.29) is 17.9 Å². The molecule has 3 aliphatic rings. The van der Waals surface area contributed by atoms with Gasteiger partial charge in [0, 0.05) is 6.54 Å². The molecule has 3 fully saturated rings. The van der Waals surface area contributed by atoms with Gasteiger partial charge in [-0.25, -0.2) is 4.79 Å². The van der Waals surface area contributed by atoms with Crippen LogP contribution in [0.5, 0.6) is 0 Å². The zero-order valence-corrected chi connectivity index (χ0v) is 11.2. The number of aliphatic carboxylic acids is 1. The Labute approximate surface area is 113 Å². The molecule has 0 radical (unpaired) electrons. The van der Waals surface area contributed by atoms with Gasteiger partial charge in [-0.1, -0.05) is 12.8 Å². The fraction of sp³-hybridized carbons (Fsp3) is 0.857. The zero-order valence-electron chi connectivity index (χ0n) is 11.2. The van der Waals surface area contributed by atoms with Crippen molar-refractivity contribution in [3.05, 3.63) is 0 Å². The minimum absolute atomic E-state index is 0.0153. The number of carbonyl (C=O) groups excluding carboxylic acids is 1. The predicted molar refractivity (Wildman–Crippen MR) is 69.6 cm³/mol. The van der Waals surface area contributed by atoms with Gasteiger partial charge in [-0.15, -0.1) is 0 Å². The van der Waals surface area contributed by atoms with Gasteiger partial charge in [0.05, 0.1) is 6.04 Å². The molecule has 2 heterocycles. The maximum Gasteiger partial charge on any atom is 0.326 e. The largest absolute Gasteiger partial charge is 0.480 e. The van der Waals surface area contributed by atoms with E-state index in [1.807, 2.05) is 0 Å². The highest BCUT2D eigenvalue weighted by atomic mass is 16.4. The third-order valence-corrected chi connectivity index (χ3v) is 5.03. The molecule has 3 rings (SSSR count). The molecule has 5 heteroatoms. The number of carboxylic acids is 1. The summed E-state index contributed by atoms with van der Waals surface area (Å²) in [6.45, 7) is 1.52. The van der Waals surface area contributed by atoms with E-state index < -0.39 is 12.0 Å². The molecule has 2 N–H and O–H groups in total. The van der Waals surface area contributed by atoms with Gasteiger partial charge in [0.1, 0.15) is 6.04 Å². The molecule has 0 aromatic heterocycles. The summed E-state index contributed by atoms with van der Waals surface area (Å²) in [6.07, 6.45) is 6.17. The second-order valence-corrected chi connectivity index (χ2v) is 6.13. The van der Waals surface area contributed by atoms with Crippen LogP contribution >= 0.6 is 0 Å². The van der Waals surface area contributed by atoms with Gasteiger partial charge in [0.15, 0.2) is 0 Å². The molecule has 4 atom stereocenters. The number of carboxylic acid groups (broad SMARTS) is 1. The van der Waals surface area contributed by atoms with E-state index in [9.17, 15) is 14.7 Å². The third kappa shape index (κ3) is 2.24. The molecule has 5 nitrogen and oxygen atoms in total. The van der Waals surface area contributed by atoms with Crippen LogP contribution in [-0.2, 0) is 9.59 Å². The summed E-state index contributed by atoms with van der Waals surface area (Å²) >= 11 is 0. The number of nitrogens with zero attached hydrogens (tertiary/aromatic N) is 1. The molecule has 2 saturated heterocycles. The van der Waals surface area contributed by atoms with E-state index in [0.717, 1.165) is 45.1 Å². The monoisotopic (exact) mass is 266 g/mol. The molecule has 0 aromatic carbocycles. The van der Waals surface area contributed by atoms with E-state index in [1.165, 1.54) is 0 Å². The van der Waals surface area contributed by atoms with E-state index in [1.54, 1.807) is 4.90 Å². The first-order valence-electron chi connectivity index (χ1n) is 7.45. The fourth-order valence-corrected chi connectivity index (χ4v) is 4.11. The summed E-state index contributed by atoms with van der Waals surface area (Å²) in [6, 6.07) is -0.738. The Hall–Kier alpha value is -1.10. The summed E-state index contributed by atoms with van der Waals surface area (Å²) in [4.78, 5) is 25.7. The molecule has 3 unspecified atom stereocenters. The van der Waals surface area contributed by atoms with Crippen molar-refractivity contribution in [3.8, 4) is 0 Å². The van der Waals surface area contributed by atoms with Crippen LogP contribution in [0.1, 0.15) is 38.5 Å². The number of piperidine rings is 1. The summed E-state index contributed by atoms with van der Waals surface area (Å²) in [5.74, 6) is -0.209. The fourth-order valence-electron chi connectivity index (χ4n) is 4.11. The number of nitrogens with one attached hydrogen (secondary N) is 1. The summed E-state index contributed by atoms with van der Waals surface area (Å²) in [5, 5.41) is 12.7. The maximum atomic E-state index is 12.5. The minimum Gasteiger partial charge on any atom is -0.480 e. The molecule has 1 aliphatic carbocycles. The maximum absolute atomic E-state index is 12.5.